The zero-order chi connectivity index (χ0) is 14.7. The van der Waals surface area contributed by atoms with Gasteiger partial charge in [-0.25, -0.2) is 4.98 Å². The summed E-state index contributed by atoms with van der Waals surface area (Å²) >= 11 is 7.21. The summed E-state index contributed by atoms with van der Waals surface area (Å²) in [6.07, 6.45) is 1.10. The Morgan fingerprint density at radius 3 is 2.76 bits per heavy atom. The van der Waals surface area contributed by atoms with Crippen LogP contribution in [-0.2, 0) is 0 Å². The third-order valence-corrected chi connectivity index (χ3v) is 5.15. The number of anilines is 1. The van der Waals surface area contributed by atoms with Crippen molar-refractivity contribution < 1.29 is 0 Å². The lowest BCUT2D eigenvalue weighted by Gasteiger charge is -2.36. The lowest BCUT2D eigenvalue weighted by atomic mass is 10.3. The number of aromatic nitrogens is 1. The minimum Gasteiger partial charge on any atom is -0.363 e. The van der Waals surface area contributed by atoms with E-state index in [0.717, 1.165) is 54.9 Å². The standard InChI is InChI=1S/C15H20N4S2/c1-2-7-16-14(20)18-8-10-19(11-9-18)15-17-12-5-3-4-6-13(12)21-15/h3-6H,2,7-11H2,1H3,(H,16,20). The van der Waals surface area contributed by atoms with E-state index in [1.807, 2.05) is 6.07 Å². The zero-order valence-corrected chi connectivity index (χ0v) is 13.8. The van der Waals surface area contributed by atoms with Gasteiger partial charge in [-0.05, 0) is 30.8 Å². The highest BCUT2D eigenvalue weighted by atomic mass is 32.1. The van der Waals surface area contributed by atoms with E-state index in [0.29, 0.717) is 0 Å². The minimum atomic E-state index is 0.890. The van der Waals surface area contributed by atoms with Gasteiger partial charge in [-0.1, -0.05) is 30.4 Å². The van der Waals surface area contributed by atoms with E-state index in [9.17, 15) is 0 Å². The molecule has 21 heavy (non-hydrogen) atoms. The number of fused-ring (bicyclic) bond motifs is 1. The quantitative estimate of drug-likeness (QED) is 0.879. The second-order valence-corrected chi connectivity index (χ2v) is 6.57. The summed E-state index contributed by atoms with van der Waals surface area (Å²) in [4.78, 5) is 9.36. The van der Waals surface area contributed by atoms with Crippen LogP contribution in [-0.4, -0.2) is 47.7 Å². The molecule has 1 aliphatic rings. The molecule has 1 aromatic carbocycles. The Hall–Kier alpha value is -1.40. The van der Waals surface area contributed by atoms with Gasteiger partial charge in [0.15, 0.2) is 10.2 Å². The molecule has 0 spiro atoms. The van der Waals surface area contributed by atoms with Gasteiger partial charge < -0.3 is 15.1 Å². The Morgan fingerprint density at radius 2 is 2.05 bits per heavy atom. The highest BCUT2D eigenvalue weighted by molar-refractivity contribution is 7.80. The molecular formula is C15H20N4S2. The lowest BCUT2D eigenvalue weighted by Crippen LogP contribution is -2.51. The van der Waals surface area contributed by atoms with Gasteiger partial charge in [0.2, 0.25) is 0 Å². The first-order valence-electron chi connectivity index (χ1n) is 7.41. The first-order chi connectivity index (χ1) is 10.3. The van der Waals surface area contributed by atoms with E-state index in [1.54, 1.807) is 11.3 Å². The fourth-order valence-electron chi connectivity index (χ4n) is 2.44. The molecule has 112 valence electrons. The Morgan fingerprint density at radius 1 is 1.29 bits per heavy atom. The van der Waals surface area contributed by atoms with Crippen molar-refractivity contribution in [1.29, 1.82) is 0 Å². The van der Waals surface area contributed by atoms with Crippen LogP contribution < -0.4 is 10.2 Å². The molecule has 6 heteroatoms. The molecule has 0 atom stereocenters. The number of piperazine rings is 1. The number of rotatable bonds is 3. The Bertz CT molecular complexity index is 584. The number of nitrogens with one attached hydrogen (secondary N) is 1. The van der Waals surface area contributed by atoms with Gasteiger partial charge in [-0.3, -0.25) is 0 Å². The Balaban J connectivity index is 1.61. The number of para-hydroxylation sites is 1. The first-order valence-corrected chi connectivity index (χ1v) is 8.63. The second-order valence-electron chi connectivity index (χ2n) is 5.17. The van der Waals surface area contributed by atoms with Gasteiger partial charge in [0, 0.05) is 32.7 Å². The molecule has 1 fully saturated rings. The molecule has 0 amide bonds. The normalized spacial score (nSPS) is 15.5. The lowest BCUT2D eigenvalue weighted by molar-refractivity contribution is 0.380. The van der Waals surface area contributed by atoms with Crippen molar-refractivity contribution in [3.63, 3.8) is 0 Å². The van der Waals surface area contributed by atoms with Crippen molar-refractivity contribution in [2.24, 2.45) is 0 Å². The molecule has 2 heterocycles. The van der Waals surface area contributed by atoms with E-state index in [4.69, 9.17) is 17.2 Å². The van der Waals surface area contributed by atoms with Gasteiger partial charge >= 0.3 is 0 Å². The van der Waals surface area contributed by atoms with Crippen LogP contribution in [0.2, 0.25) is 0 Å². The maximum Gasteiger partial charge on any atom is 0.186 e. The molecule has 4 nitrogen and oxygen atoms in total. The van der Waals surface area contributed by atoms with E-state index in [1.165, 1.54) is 4.70 Å². The third kappa shape index (κ3) is 3.27. The SMILES string of the molecule is CCCNC(=S)N1CCN(c2nc3ccccc3s2)CC1. The van der Waals surface area contributed by atoms with Gasteiger partial charge in [-0.15, -0.1) is 0 Å². The maximum atomic E-state index is 5.43. The molecule has 0 bridgehead atoms. The number of benzene rings is 1. The summed E-state index contributed by atoms with van der Waals surface area (Å²) in [6, 6.07) is 8.33. The van der Waals surface area contributed by atoms with Crippen molar-refractivity contribution in [2.45, 2.75) is 13.3 Å². The molecule has 2 aromatic rings. The van der Waals surface area contributed by atoms with Crippen molar-refractivity contribution in [3.8, 4) is 0 Å². The summed E-state index contributed by atoms with van der Waals surface area (Å²) in [5.41, 5.74) is 1.10. The van der Waals surface area contributed by atoms with Crippen molar-refractivity contribution in [1.82, 2.24) is 15.2 Å². The number of hydrogen-bond acceptors (Lipinski definition) is 4. The van der Waals surface area contributed by atoms with Crippen molar-refractivity contribution in [2.75, 3.05) is 37.6 Å². The topological polar surface area (TPSA) is 31.4 Å². The summed E-state index contributed by atoms with van der Waals surface area (Å²) in [7, 11) is 0. The van der Waals surface area contributed by atoms with Crippen LogP contribution in [0.4, 0.5) is 5.13 Å². The fourth-order valence-corrected chi connectivity index (χ4v) is 3.74. The van der Waals surface area contributed by atoms with Gasteiger partial charge in [0.05, 0.1) is 10.2 Å². The molecule has 3 rings (SSSR count). The molecule has 1 saturated heterocycles. The summed E-state index contributed by atoms with van der Waals surface area (Å²) < 4.78 is 1.26. The van der Waals surface area contributed by atoms with Crippen LogP contribution in [0.15, 0.2) is 24.3 Å². The molecule has 1 aromatic heterocycles. The molecule has 0 radical (unpaired) electrons. The van der Waals surface area contributed by atoms with Crippen LogP contribution in [0, 0.1) is 0 Å². The van der Waals surface area contributed by atoms with Crippen LogP contribution in [0.25, 0.3) is 10.2 Å². The van der Waals surface area contributed by atoms with Gasteiger partial charge in [0.25, 0.3) is 0 Å². The van der Waals surface area contributed by atoms with Crippen LogP contribution in [0.5, 0.6) is 0 Å². The average molecular weight is 320 g/mol. The Kier molecular flexibility index (Phi) is 4.55. The van der Waals surface area contributed by atoms with Crippen LogP contribution in [0.3, 0.4) is 0 Å². The highest BCUT2D eigenvalue weighted by Gasteiger charge is 2.21. The summed E-state index contributed by atoms with van der Waals surface area (Å²) in [6.45, 7) is 7.00. The Labute approximate surface area is 134 Å². The smallest absolute Gasteiger partial charge is 0.186 e. The average Bonchev–Trinajstić information content (AvgIpc) is 2.96. The molecule has 0 aliphatic carbocycles. The predicted octanol–water partition coefficient (Wildman–Crippen LogP) is 2.70. The number of nitrogens with zero attached hydrogens (tertiary/aromatic N) is 3. The number of thiocarbonyl (C=S) groups is 1. The monoisotopic (exact) mass is 320 g/mol. The van der Waals surface area contributed by atoms with Gasteiger partial charge in [0.1, 0.15) is 0 Å². The van der Waals surface area contributed by atoms with Crippen LogP contribution in [0.1, 0.15) is 13.3 Å². The van der Waals surface area contributed by atoms with E-state index in [2.05, 4.69) is 40.2 Å². The number of hydrogen-bond donors (Lipinski definition) is 1. The van der Waals surface area contributed by atoms with Gasteiger partial charge in [-0.2, -0.15) is 0 Å². The fraction of sp³-hybridized carbons (Fsp3) is 0.467. The third-order valence-electron chi connectivity index (χ3n) is 3.65. The van der Waals surface area contributed by atoms with E-state index in [-0.39, 0.29) is 0 Å². The minimum absolute atomic E-state index is 0.890. The summed E-state index contributed by atoms with van der Waals surface area (Å²) in [5, 5.41) is 5.32. The second kappa shape index (κ2) is 6.58. The molecule has 0 unspecified atom stereocenters. The molecule has 0 saturated carbocycles. The molecule has 1 aliphatic heterocycles. The summed E-state index contributed by atoms with van der Waals surface area (Å²) in [5.74, 6) is 0. The highest BCUT2D eigenvalue weighted by Crippen LogP contribution is 2.29. The van der Waals surface area contributed by atoms with Crippen LogP contribution >= 0.6 is 23.6 Å². The molecule has 1 N–H and O–H groups in total. The predicted molar refractivity (Wildman–Crippen MR) is 94.3 cm³/mol. The largest absolute Gasteiger partial charge is 0.363 e. The molecular weight excluding hydrogens is 300 g/mol. The maximum absolute atomic E-state index is 5.43. The van der Waals surface area contributed by atoms with Crippen molar-refractivity contribution in [3.05, 3.63) is 24.3 Å². The zero-order valence-electron chi connectivity index (χ0n) is 12.2. The van der Waals surface area contributed by atoms with Crippen molar-refractivity contribution >= 4 is 44.0 Å². The first kappa shape index (κ1) is 14.5. The van der Waals surface area contributed by atoms with E-state index >= 15 is 0 Å². The van der Waals surface area contributed by atoms with E-state index < -0.39 is 0 Å². The number of thiazole rings is 1.